The summed E-state index contributed by atoms with van der Waals surface area (Å²) in [6, 6.07) is 2.31. The molecule has 104 valence electrons. The van der Waals surface area contributed by atoms with Crippen LogP contribution < -0.4 is 5.32 Å². The van der Waals surface area contributed by atoms with Gasteiger partial charge in [0.25, 0.3) is 5.91 Å². The van der Waals surface area contributed by atoms with Crippen molar-refractivity contribution in [3.05, 3.63) is 17.5 Å². The molecular formula is C14H21N3O2. The number of amides is 1. The molecule has 3 heterocycles. The van der Waals surface area contributed by atoms with E-state index in [4.69, 9.17) is 4.52 Å². The third-order valence-corrected chi connectivity index (χ3v) is 4.25. The van der Waals surface area contributed by atoms with E-state index in [1.54, 1.807) is 6.07 Å². The lowest BCUT2D eigenvalue weighted by Crippen LogP contribution is -2.45. The summed E-state index contributed by atoms with van der Waals surface area (Å²) < 4.78 is 5.08. The summed E-state index contributed by atoms with van der Waals surface area (Å²) in [4.78, 5) is 14.3. The predicted molar refractivity (Wildman–Crippen MR) is 70.9 cm³/mol. The molecule has 5 nitrogen and oxygen atoms in total. The Hall–Kier alpha value is -1.36. The van der Waals surface area contributed by atoms with Crippen LogP contribution in [0.25, 0.3) is 0 Å². The Labute approximate surface area is 113 Å². The highest BCUT2D eigenvalue weighted by molar-refractivity contribution is 5.91. The van der Waals surface area contributed by atoms with E-state index < -0.39 is 0 Å². The summed E-state index contributed by atoms with van der Waals surface area (Å²) in [6.07, 6.45) is 4.81. The molecule has 1 aromatic rings. The van der Waals surface area contributed by atoms with Crippen molar-refractivity contribution >= 4 is 5.91 Å². The number of hydrogen-bond acceptors (Lipinski definition) is 4. The van der Waals surface area contributed by atoms with Gasteiger partial charge in [0, 0.05) is 25.2 Å². The Morgan fingerprint density at radius 2 is 2.37 bits per heavy atom. The van der Waals surface area contributed by atoms with Gasteiger partial charge in [-0.3, -0.25) is 4.79 Å². The van der Waals surface area contributed by atoms with Crippen LogP contribution in [0.5, 0.6) is 0 Å². The first kappa shape index (κ1) is 12.7. The summed E-state index contributed by atoms with van der Waals surface area (Å²) in [7, 11) is 0. The van der Waals surface area contributed by atoms with Crippen molar-refractivity contribution in [2.24, 2.45) is 5.92 Å². The van der Waals surface area contributed by atoms with E-state index in [9.17, 15) is 4.79 Å². The van der Waals surface area contributed by atoms with Crippen molar-refractivity contribution < 1.29 is 9.32 Å². The number of carbonyl (C=O) groups excluding carboxylic acids is 1. The van der Waals surface area contributed by atoms with Crippen LogP contribution in [-0.4, -0.2) is 41.6 Å². The van der Waals surface area contributed by atoms with E-state index in [0.29, 0.717) is 17.7 Å². The SMILES string of the molecule is Cc1cc(C(=O)N2CCCC(C3CCCN3)C2)on1. The van der Waals surface area contributed by atoms with Crippen molar-refractivity contribution in [1.29, 1.82) is 0 Å². The number of nitrogens with one attached hydrogen (secondary N) is 1. The van der Waals surface area contributed by atoms with Gasteiger partial charge in [-0.25, -0.2) is 0 Å². The zero-order chi connectivity index (χ0) is 13.2. The van der Waals surface area contributed by atoms with Gasteiger partial charge in [-0.05, 0) is 45.1 Å². The molecule has 0 aromatic carbocycles. The number of likely N-dealkylation sites (tertiary alicyclic amines) is 1. The molecule has 0 aliphatic carbocycles. The maximum atomic E-state index is 12.3. The van der Waals surface area contributed by atoms with E-state index in [-0.39, 0.29) is 5.91 Å². The average Bonchev–Trinajstić information content (AvgIpc) is 3.09. The van der Waals surface area contributed by atoms with Gasteiger partial charge in [0.05, 0.1) is 5.69 Å². The lowest BCUT2D eigenvalue weighted by molar-refractivity contribution is 0.0610. The molecule has 2 unspecified atom stereocenters. The monoisotopic (exact) mass is 263 g/mol. The summed E-state index contributed by atoms with van der Waals surface area (Å²) >= 11 is 0. The fourth-order valence-corrected chi connectivity index (χ4v) is 3.26. The minimum absolute atomic E-state index is 0.0108. The molecule has 0 saturated carbocycles. The van der Waals surface area contributed by atoms with E-state index in [1.807, 2.05) is 11.8 Å². The van der Waals surface area contributed by atoms with Crippen LogP contribution in [0.4, 0.5) is 0 Å². The zero-order valence-corrected chi connectivity index (χ0v) is 11.4. The summed E-state index contributed by atoms with van der Waals surface area (Å²) in [6.45, 7) is 4.64. The molecule has 1 amide bonds. The van der Waals surface area contributed by atoms with Crippen molar-refractivity contribution in [1.82, 2.24) is 15.4 Å². The highest BCUT2D eigenvalue weighted by Crippen LogP contribution is 2.25. The average molecular weight is 263 g/mol. The van der Waals surface area contributed by atoms with E-state index in [0.717, 1.165) is 31.7 Å². The molecule has 2 saturated heterocycles. The maximum absolute atomic E-state index is 12.3. The van der Waals surface area contributed by atoms with Crippen molar-refractivity contribution in [3.8, 4) is 0 Å². The highest BCUT2D eigenvalue weighted by atomic mass is 16.5. The first-order valence-corrected chi connectivity index (χ1v) is 7.20. The fourth-order valence-electron chi connectivity index (χ4n) is 3.26. The Kier molecular flexibility index (Phi) is 3.55. The van der Waals surface area contributed by atoms with Crippen LogP contribution in [0.2, 0.25) is 0 Å². The summed E-state index contributed by atoms with van der Waals surface area (Å²) in [5.74, 6) is 0.949. The van der Waals surface area contributed by atoms with Crippen LogP contribution in [0, 0.1) is 12.8 Å². The van der Waals surface area contributed by atoms with Gasteiger partial charge in [-0.1, -0.05) is 5.16 Å². The number of rotatable bonds is 2. The van der Waals surface area contributed by atoms with Crippen LogP contribution in [-0.2, 0) is 0 Å². The second-order valence-corrected chi connectivity index (χ2v) is 5.69. The highest BCUT2D eigenvalue weighted by Gasteiger charge is 2.32. The topological polar surface area (TPSA) is 58.4 Å². The van der Waals surface area contributed by atoms with Crippen molar-refractivity contribution in [2.45, 2.75) is 38.6 Å². The van der Waals surface area contributed by atoms with Gasteiger partial charge >= 0.3 is 0 Å². The fraction of sp³-hybridized carbons (Fsp3) is 0.714. The normalized spacial score (nSPS) is 27.7. The van der Waals surface area contributed by atoms with Crippen LogP contribution >= 0.6 is 0 Å². The number of piperidine rings is 1. The third kappa shape index (κ3) is 2.66. The van der Waals surface area contributed by atoms with Crippen molar-refractivity contribution in [2.75, 3.05) is 19.6 Å². The molecule has 2 aliphatic heterocycles. The largest absolute Gasteiger partial charge is 0.351 e. The number of hydrogen-bond donors (Lipinski definition) is 1. The van der Waals surface area contributed by atoms with Gasteiger partial charge in [-0.15, -0.1) is 0 Å². The Bertz CT molecular complexity index is 451. The summed E-state index contributed by atoms with van der Waals surface area (Å²) in [5, 5.41) is 7.35. The molecule has 2 aliphatic rings. The lowest BCUT2D eigenvalue weighted by Gasteiger charge is -2.35. The summed E-state index contributed by atoms with van der Waals surface area (Å²) in [5.41, 5.74) is 0.759. The zero-order valence-electron chi connectivity index (χ0n) is 11.4. The molecule has 19 heavy (non-hydrogen) atoms. The Morgan fingerprint density at radius 3 is 3.05 bits per heavy atom. The minimum Gasteiger partial charge on any atom is -0.351 e. The molecule has 0 radical (unpaired) electrons. The minimum atomic E-state index is -0.0108. The smallest absolute Gasteiger partial charge is 0.292 e. The van der Waals surface area contributed by atoms with E-state index in [2.05, 4.69) is 10.5 Å². The molecule has 2 fully saturated rings. The second-order valence-electron chi connectivity index (χ2n) is 5.69. The predicted octanol–water partition coefficient (Wildman–Crippen LogP) is 1.59. The number of aryl methyl sites for hydroxylation is 1. The van der Waals surface area contributed by atoms with Gasteiger partial charge in [0.2, 0.25) is 5.76 Å². The molecule has 1 N–H and O–H groups in total. The number of aromatic nitrogens is 1. The quantitative estimate of drug-likeness (QED) is 0.880. The second kappa shape index (κ2) is 5.33. The van der Waals surface area contributed by atoms with Crippen LogP contribution in [0.15, 0.2) is 10.6 Å². The number of nitrogens with zero attached hydrogens (tertiary/aromatic N) is 2. The van der Waals surface area contributed by atoms with Crippen LogP contribution in [0.1, 0.15) is 41.9 Å². The molecular weight excluding hydrogens is 242 g/mol. The first-order chi connectivity index (χ1) is 9.24. The maximum Gasteiger partial charge on any atom is 0.292 e. The molecule has 0 bridgehead atoms. The molecule has 2 atom stereocenters. The lowest BCUT2D eigenvalue weighted by atomic mass is 9.89. The third-order valence-electron chi connectivity index (χ3n) is 4.25. The van der Waals surface area contributed by atoms with Crippen LogP contribution in [0.3, 0.4) is 0 Å². The molecule has 0 spiro atoms. The number of carbonyl (C=O) groups is 1. The van der Waals surface area contributed by atoms with Gasteiger partial charge < -0.3 is 14.7 Å². The molecule has 3 rings (SSSR count). The molecule has 5 heteroatoms. The standard InChI is InChI=1S/C14H21N3O2/c1-10-8-13(19-16-10)14(18)17-7-3-4-11(9-17)12-5-2-6-15-12/h8,11-12,15H,2-7,9H2,1H3. The van der Waals surface area contributed by atoms with E-state index >= 15 is 0 Å². The first-order valence-electron chi connectivity index (χ1n) is 7.20. The molecule has 1 aromatic heterocycles. The van der Waals surface area contributed by atoms with E-state index in [1.165, 1.54) is 19.3 Å². The Balaban J connectivity index is 1.65. The van der Waals surface area contributed by atoms with Gasteiger partial charge in [-0.2, -0.15) is 0 Å². The van der Waals surface area contributed by atoms with Gasteiger partial charge in [0.1, 0.15) is 0 Å². The Morgan fingerprint density at radius 1 is 1.47 bits per heavy atom. The van der Waals surface area contributed by atoms with Gasteiger partial charge in [0.15, 0.2) is 0 Å². The van der Waals surface area contributed by atoms with Crippen molar-refractivity contribution in [3.63, 3.8) is 0 Å².